The van der Waals surface area contributed by atoms with Gasteiger partial charge in [-0.05, 0) is 59.2 Å². The first-order valence-electron chi connectivity index (χ1n) is 7.44. The van der Waals surface area contributed by atoms with E-state index in [2.05, 4.69) is 57.6 Å². The quantitative estimate of drug-likeness (QED) is 0.683. The minimum absolute atomic E-state index is 0.643. The van der Waals surface area contributed by atoms with Gasteiger partial charge in [0.05, 0.1) is 0 Å². The average Bonchev–Trinajstić information content (AvgIpc) is 2.85. The van der Waals surface area contributed by atoms with Crippen LogP contribution in [0.25, 0.3) is 0 Å². The fourth-order valence-corrected chi connectivity index (χ4v) is 4.82. The third-order valence-electron chi connectivity index (χ3n) is 4.26. The summed E-state index contributed by atoms with van der Waals surface area (Å²) in [5.74, 6) is 0.745. The van der Waals surface area contributed by atoms with Crippen LogP contribution in [0.15, 0.2) is 40.9 Å². The Labute approximate surface area is 143 Å². The van der Waals surface area contributed by atoms with Gasteiger partial charge < -0.3 is 5.32 Å². The predicted octanol–water partition coefficient (Wildman–Crippen LogP) is 5.98. The van der Waals surface area contributed by atoms with Gasteiger partial charge in [-0.2, -0.15) is 0 Å². The molecule has 1 aliphatic carbocycles. The van der Waals surface area contributed by atoms with Crippen molar-refractivity contribution in [1.82, 2.24) is 5.32 Å². The summed E-state index contributed by atoms with van der Waals surface area (Å²) >= 11 is 11.2. The molecule has 1 N–H and O–H groups in total. The van der Waals surface area contributed by atoms with Crippen molar-refractivity contribution in [2.75, 3.05) is 0 Å². The zero-order chi connectivity index (χ0) is 14.7. The lowest BCUT2D eigenvalue weighted by Gasteiger charge is -2.29. The summed E-state index contributed by atoms with van der Waals surface area (Å²) in [6.45, 7) is 0.927. The molecule has 3 rings (SSSR count). The topological polar surface area (TPSA) is 12.0 Å². The van der Waals surface area contributed by atoms with Crippen molar-refractivity contribution in [2.45, 2.75) is 44.2 Å². The van der Waals surface area contributed by atoms with Crippen LogP contribution in [0, 0.1) is 0 Å². The predicted molar refractivity (Wildman–Crippen MR) is 95.3 cm³/mol. The highest BCUT2D eigenvalue weighted by Crippen LogP contribution is 2.34. The molecule has 0 aliphatic heterocycles. The van der Waals surface area contributed by atoms with Crippen LogP contribution in [0.2, 0.25) is 4.34 Å². The smallest absolute Gasteiger partial charge is 0.107 e. The van der Waals surface area contributed by atoms with Crippen LogP contribution in [-0.4, -0.2) is 6.04 Å². The van der Waals surface area contributed by atoms with Crippen LogP contribution in [0.5, 0.6) is 0 Å². The highest BCUT2D eigenvalue weighted by atomic mass is 79.9. The normalized spacial score (nSPS) is 22.4. The van der Waals surface area contributed by atoms with Gasteiger partial charge in [-0.3, -0.25) is 0 Å². The lowest BCUT2D eigenvalue weighted by molar-refractivity contribution is 0.342. The number of halogens is 2. The summed E-state index contributed by atoms with van der Waals surface area (Å²) in [5.41, 5.74) is 1.50. The third kappa shape index (κ3) is 4.10. The van der Waals surface area contributed by atoms with Gasteiger partial charge in [0.15, 0.2) is 0 Å². The molecule has 112 valence electrons. The standard InChI is InChI=1S/C17H19BrClNS/c18-16-10-15(21-17(16)19)11-20-14-8-6-13(7-9-14)12-4-2-1-3-5-12/h1-5,10,13-14,20H,6-9,11H2. The molecule has 1 aromatic carbocycles. The van der Waals surface area contributed by atoms with E-state index in [1.165, 1.54) is 36.1 Å². The van der Waals surface area contributed by atoms with E-state index in [1.54, 1.807) is 11.3 Å². The highest BCUT2D eigenvalue weighted by molar-refractivity contribution is 9.10. The fraction of sp³-hybridized carbons (Fsp3) is 0.412. The maximum Gasteiger partial charge on any atom is 0.107 e. The maximum atomic E-state index is 6.08. The molecule has 1 nitrogen and oxygen atoms in total. The molecule has 0 atom stereocenters. The molecule has 0 radical (unpaired) electrons. The van der Waals surface area contributed by atoms with Crippen LogP contribution in [-0.2, 0) is 6.54 Å². The number of thiophene rings is 1. The van der Waals surface area contributed by atoms with Gasteiger partial charge in [0, 0.05) is 21.9 Å². The molecule has 1 heterocycles. The summed E-state index contributed by atoms with van der Waals surface area (Å²) in [7, 11) is 0. The first-order chi connectivity index (χ1) is 10.2. The van der Waals surface area contributed by atoms with Gasteiger partial charge in [-0.15, -0.1) is 11.3 Å². The fourth-order valence-electron chi connectivity index (χ4n) is 3.08. The Morgan fingerprint density at radius 3 is 2.48 bits per heavy atom. The zero-order valence-electron chi connectivity index (χ0n) is 11.8. The van der Waals surface area contributed by atoms with Crippen molar-refractivity contribution in [3.8, 4) is 0 Å². The Balaban J connectivity index is 1.48. The second-order valence-electron chi connectivity index (χ2n) is 5.67. The van der Waals surface area contributed by atoms with Gasteiger partial charge >= 0.3 is 0 Å². The molecule has 4 heteroatoms. The van der Waals surface area contributed by atoms with Gasteiger partial charge in [0.2, 0.25) is 0 Å². The first-order valence-corrected chi connectivity index (χ1v) is 9.43. The monoisotopic (exact) mass is 383 g/mol. The van der Waals surface area contributed by atoms with Crippen LogP contribution in [0.3, 0.4) is 0 Å². The second kappa shape index (κ2) is 7.28. The van der Waals surface area contributed by atoms with Crippen molar-refractivity contribution >= 4 is 38.9 Å². The molecule has 1 saturated carbocycles. The van der Waals surface area contributed by atoms with E-state index < -0.39 is 0 Å². The van der Waals surface area contributed by atoms with Gasteiger partial charge in [0.1, 0.15) is 4.34 Å². The molecule has 2 aromatic rings. The largest absolute Gasteiger partial charge is 0.309 e. The molecule has 0 unspecified atom stereocenters. The Kier molecular flexibility index (Phi) is 5.38. The third-order valence-corrected chi connectivity index (χ3v) is 6.73. The molecule has 1 fully saturated rings. The number of hydrogen-bond acceptors (Lipinski definition) is 2. The molecule has 0 bridgehead atoms. The highest BCUT2D eigenvalue weighted by Gasteiger charge is 2.22. The maximum absolute atomic E-state index is 6.08. The zero-order valence-corrected chi connectivity index (χ0v) is 15.0. The van der Waals surface area contributed by atoms with E-state index in [0.29, 0.717) is 6.04 Å². The van der Waals surface area contributed by atoms with Crippen molar-refractivity contribution in [2.24, 2.45) is 0 Å². The molecule has 1 aliphatic rings. The number of hydrogen-bond donors (Lipinski definition) is 1. The van der Waals surface area contributed by atoms with Crippen molar-refractivity contribution in [3.05, 3.63) is 55.6 Å². The Morgan fingerprint density at radius 2 is 1.86 bits per heavy atom. The Morgan fingerprint density at radius 1 is 1.14 bits per heavy atom. The van der Waals surface area contributed by atoms with E-state index in [9.17, 15) is 0 Å². The van der Waals surface area contributed by atoms with Gasteiger partial charge in [-0.25, -0.2) is 0 Å². The van der Waals surface area contributed by atoms with E-state index in [-0.39, 0.29) is 0 Å². The summed E-state index contributed by atoms with van der Waals surface area (Å²) < 4.78 is 1.86. The number of benzene rings is 1. The molecule has 0 amide bonds. The molecule has 1 aromatic heterocycles. The second-order valence-corrected chi connectivity index (χ2v) is 8.27. The summed E-state index contributed by atoms with van der Waals surface area (Å²) in [5, 5.41) is 3.68. The average molecular weight is 385 g/mol. The van der Waals surface area contributed by atoms with Crippen molar-refractivity contribution in [1.29, 1.82) is 0 Å². The van der Waals surface area contributed by atoms with Crippen molar-refractivity contribution in [3.63, 3.8) is 0 Å². The molecular weight excluding hydrogens is 366 g/mol. The minimum atomic E-state index is 0.643. The van der Waals surface area contributed by atoms with Gasteiger partial charge in [-0.1, -0.05) is 41.9 Å². The molecule has 21 heavy (non-hydrogen) atoms. The Bertz CT molecular complexity index is 556. The van der Waals surface area contributed by atoms with E-state index in [1.807, 2.05) is 0 Å². The lowest BCUT2D eigenvalue weighted by atomic mass is 9.82. The summed E-state index contributed by atoms with van der Waals surface area (Å²) in [6, 6.07) is 13.7. The summed E-state index contributed by atoms with van der Waals surface area (Å²) in [6.07, 6.45) is 5.10. The first kappa shape index (κ1) is 15.5. The minimum Gasteiger partial charge on any atom is -0.309 e. The van der Waals surface area contributed by atoms with Crippen LogP contribution in [0.1, 0.15) is 42.0 Å². The van der Waals surface area contributed by atoms with Crippen LogP contribution in [0.4, 0.5) is 0 Å². The van der Waals surface area contributed by atoms with E-state index in [4.69, 9.17) is 11.6 Å². The molecule has 0 spiro atoms. The Hall–Kier alpha value is -0.350. The molecular formula is C17H19BrClNS. The lowest BCUT2D eigenvalue weighted by Crippen LogP contribution is -2.32. The van der Waals surface area contributed by atoms with Crippen LogP contribution >= 0.6 is 38.9 Å². The number of rotatable bonds is 4. The van der Waals surface area contributed by atoms with Crippen molar-refractivity contribution < 1.29 is 0 Å². The van der Waals surface area contributed by atoms with Crippen LogP contribution < -0.4 is 5.32 Å². The van der Waals surface area contributed by atoms with Gasteiger partial charge in [0.25, 0.3) is 0 Å². The molecule has 0 saturated heterocycles. The number of nitrogens with one attached hydrogen (secondary N) is 1. The SMILES string of the molecule is Clc1sc(CNC2CCC(c3ccccc3)CC2)cc1Br. The van der Waals surface area contributed by atoms with E-state index >= 15 is 0 Å². The summed E-state index contributed by atoms with van der Waals surface area (Å²) in [4.78, 5) is 1.30. The van der Waals surface area contributed by atoms with E-state index in [0.717, 1.165) is 21.3 Å².